The van der Waals surface area contributed by atoms with Crippen molar-refractivity contribution in [2.75, 3.05) is 11.9 Å². The molecule has 0 aliphatic carbocycles. The van der Waals surface area contributed by atoms with E-state index in [1.807, 2.05) is 93.4 Å². The van der Waals surface area contributed by atoms with Crippen LogP contribution in [0.4, 0.5) is 11.5 Å². The van der Waals surface area contributed by atoms with Crippen molar-refractivity contribution in [3.05, 3.63) is 59.4 Å². The number of carbonyl (C=O) groups is 1. The molecule has 2 heterocycles. The maximum Gasteiger partial charge on any atom is 0.307 e. The number of esters is 1. The summed E-state index contributed by atoms with van der Waals surface area (Å²) in [6.45, 7) is 9.46. The molecule has 0 atom stereocenters. The zero-order chi connectivity index (χ0) is 25.4. The maximum absolute atomic E-state index is 12.3. The summed E-state index contributed by atoms with van der Waals surface area (Å²) >= 11 is 6.26. The second-order valence-electron chi connectivity index (χ2n) is 10.1. The first-order valence-electron chi connectivity index (χ1n) is 11.3. The Morgan fingerprint density at radius 2 is 1.91 bits per heavy atom. The number of ether oxygens (including phenoxy) is 1. The van der Waals surface area contributed by atoms with E-state index < -0.39 is 11.0 Å². The Balaban J connectivity index is 1.64. The molecule has 4 aromatic rings. The summed E-state index contributed by atoms with van der Waals surface area (Å²) in [6, 6.07) is 13.5. The standard InChI is InChI=1S/C27H28ClN5O2/c1-26(2,3)35-23(34)16-27(4,5)13-12-18-8-7-9-20(14-18)32(6)24-21-11-10-19(28)15-22(21)33-17-29-31-25(33)30-24/h7-11,14-15,17H,16H2,1-6H3. The van der Waals surface area contributed by atoms with Gasteiger partial charge in [-0.2, -0.15) is 4.98 Å². The number of anilines is 2. The van der Waals surface area contributed by atoms with Crippen LogP contribution in [-0.2, 0) is 9.53 Å². The number of halogens is 1. The summed E-state index contributed by atoms with van der Waals surface area (Å²) in [6.07, 6.45) is 1.84. The quantitative estimate of drug-likeness (QED) is 0.266. The van der Waals surface area contributed by atoms with Crippen molar-refractivity contribution >= 4 is 45.8 Å². The topological polar surface area (TPSA) is 72.6 Å². The molecule has 8 heteroatoms. The highest BCUT2D eigenvalue weighted by molar-refractivity contribution is 6.31. The summed E-state index contributed by atoms with van der Waals surface area (Å²) in [7, 11) is 1.95. The minimum absolute atomic E-state index is 0.216. The minimum Gasteiger partial charge on any atom is -0.460 e. The van der Waals surface area contributed by atoms with Gasteiger partial charge in [0.05, 0.1) is 11.9 Å². The van der Waals surface area contributed by atoms with Gasteiger partial charge >= 0.3 is 5.97 Å². The molecule has 0 fully saturated rings. The van der Waals surface area contributed by atoms with Crippen molar-refractivity contribution in [3.8, 4) is 11.8 Å². The van der Waals surface area contributed by atoms with E-state index in [2.05, 4.69) is 22.0 Å². The first kappa shape index (κ1) is 24.5. The molecule has 0 N–H and O–H groups in total. The summed E-state index contributed by atoms with van der Waals surface area (Å²) in [4.78, 5) is 19.0. The number of hydrogen-bond acceptors (Lipinski definition) is 6. The number of hydrogen-bond donors (Lipinski definition) is 0. The molecular formula is C27H28ClN5O2. The van der Waals surface area contributed by atoms with Gasteiger partial charge in [0, 0.05) is 34.1 Å². The van der Waals surface area contributed by atoms with E-state index in [4.69, 9.17) is 21.3 Å². The Bertz CT molecular complexity index is 1470. The van der Waals surface area contributed by atoms with Crippen molar-refractivity contribution in [2.24, 2.45) is 5.41 Å². The number of nitrogens with zero attached hydrogens (tertiary/aromatic N) is 5. The summed E-state index contributed by atoms with van der Waals surface area (Å²) in [5, 5.41) is 9.66. The lowest BCUT2D eigenvalue weighted by molar-refractivity contribution is -0.156. The van der Waals surface area contributed by atoms with Crippen LogP contribution in [0, 0.1) is 17.3 Å². The summed E-state index contributed by atoms with van der Waals surface area (Å²) in [5.74, 6) is 7.41. The Labute approximate surface area is 210 Å². The largest absolute Gasteiger partial charge is 0.460 e. The SMILES string of the molecule is CN(c1cccc(C#CC(C)(C)CC(=O)OC(C)(C)C)c1)c1nc2nncn2c2cc(Cl)ccc12. The lowest BCUT2D eigenvalue weighted by Crippen LogP contribution is -2.27. The van der Waals surface area contributed by atoms with Crippen LogP contribution in [0.1, 0.15) is 46.6 Å². The van der Waals surface area contributed by atoms with E-state index >= 15 is 0 Å². The molecule has 0 aliphatic rings. The van der Waals surface area contributed by atoms with Gasteiger partial charge in [-0.3, -0.25) is 9.20 Å². The third kappa shape index (κ3) is 5.72. The van der Waals surface area contributed by atoms with Gasteiger partial charge in [0.25, 0.3) is 5.78 Å². The monoisotopic (exact) mass is 489 g/mol. The van der Waals surface area contributed by atoms with Crippen molar-refractivity contribution in [3.63, 3.8) is 0 Å². The maximum atomic E-state index is 12.3. The van der Waals surface area contributed by atoms with E-state index in [9.17, 15) is 4.79 Å². The zero-order valence-corrected chi connectivity index (χ0v) is 21.5. The second kappa shape index (κ2) is 9.20. The van der Waals surface area contributed by atoms with E-state index in [1.54, 1.807) is 6.33 Å². The van der Waals surface area contributed by atoms with Gasteiger partial charge in [0.15, 0.2) is 0 Å². The second-order valence-corrected chi connectivity index (χ2v) is 10.5. The third-order valence-electron chi connectivity index (χ3n) is 5.30. The predicted octanol–water partition coefficient (Wildman–Crippen LogP) is 5.81. The van der Waals surface area contributed by atoms with Gasteiger partial charge in [-0.1, -0.05) is 29.5 Å². The normalized spacial score (nSPS) is 11.9. The average Bonchev–Trinajstić information content (AvgIpc) is 3.24. The Kier molecular flexibility index (Phi) is 6.44. The van der Waals surface area contributed by atoms with Gasteiger partial charge in [-0.25, -0.2) is 0 Å². The summed E-state index contributed by atoms with van der Waals surface area (Å²) in [5.41, 5.74) is 1.57. The van der Waals surface area contributed by atoms with E-state index in [0.717, 1.165) is 28.0 Å². The van der Waals surface area contributed by atoms with Crippen LogP contribution >= 0.6 is 11.6 Å². The number of aromatic nitrogens is 4. The van der Waals surface area contributed by atoms with Crippen LogP contribution in [0.5, 0.6) is 0 Å². The molecule has 0 spiro atoms. The van der Waals surface area contributed by atoms with Gasteiger partial charge in [0.1, 0.15) is 17.7 Å². The predicted molar refractivity (Wildman–Crippen MR) is 139 cm³/mol. The number of rotatable bonds is 4. The van der Waals surface area contributed by atoms with E-state index in [-0.39, 0.29) is 12.4 Å². The minimum atomic E-state index is -0.528. The van der Waals surface area contributed by atoms with Gasteiger partial charge in [-0.05, 0) is 71.0 Å². The van der Waals surface area contributed by atoms with Crippen LogP contribution in [0.2, 0.25) is 5.02 Å². The number of carbonyl (C=O) groups excluding carboxylic acids is 1. The highest BCUT2D eigenvalue weighted by Gasteiger charge is 2.24. The first-order valence-corrected chi connectivity index (χ1v) is 11.7. The fraction of sp³-hybridized carbons (Fsp3) is 0.333. The van der Waals surface area contributed by atoms with Gasteiger partial charge in [0.2, 0.25) is 0 Å². The molecule has 0 saturated heterocycles. The third-order valence-corrected chi connectivity index (χ3v) is 5.53. The molecule has 0 radical (unpaired) electrons. The molecule has 4 rings (SSSR count). The molecule has 0 aliphatic heterocycles. The average molecular weight is 490 g/mol. The molecule has 7 nitrogen and oxygen atoms in total. The fourth-order valence-corrected chi connectivity index (χ4v) is 3.88. The van der Waals surface area contributed by atoms with E-state index in [1.165, 1.54) is 0 Å². The molecular weight excluding hydrogens is 462 g/mol. The Morgan fingerprint density at radius 3 is 2.66 bits per heavy atom. The van der Waals surface area contributed by atoms with Crippen LogP contribution < -0.4 is 4.90 Å². The van der Waals surface area contributed by atoms with Crippen molar-refractivity contribution in [2.45, 2.75) is 46.6 Å². The lowest BCUT2D eigenvalue weighted by Gasteiger charge is -2.23. The molecule has 0 amide bonds. The van der Waals surface area contributed by atoms with Crippen molar-refractivity contribution in [1.82, 2.24) is 19.6 Å². The fourth-order valence-electron chi connectivity index (χ4n) is 3.72. The smallest absolute Gasteiger partial charge is 0.307 e. The molecule has 2 aromatic heterocycles. The van der Waals surface area contributed by atoms with Crippen LogP contribution in [0.15, 0.2) is 48.8 Å². The Hall–Kier alpha value is -3.63. The van der Waals surface area contributed by atoms with Crippen molar-refractivity contribution in [1.29, 1.82) is 0 Å². The lowest BCUT2D eigenvalue weighted by atomic mass is 9.90. The first-order chi connectivity index (χ1) is 16.4. The highest BCUT2D eigenvalue weighted by Crippen LogP contribution is 2.32. The van der Waals surface area contributed by atoms with Crippen LogP contribution in [0.3, 0.4) is 0 Å². The molecule has 180 valence electrons. The number of benzene rings is 2. The van der Waals surface area contributed by atoms with E-state index in [0.29, 0.717) is 10.8 Å². The molecule has 0 saturated carbocycles. The van der Waals surface area contributed by atoms with Crippen molar-refractivity contribution < 1.29 is 9.53 Å². The van der Waals surface area contributed by atoms with Crippen LogP contribution in [-0.4, -0.2) is 38.2 Å². The molecule has 35 heavy (non-hydrogen) atoms. The van der Waals surface area contributed by atoms with Crippen LogP contribution in [0.25, 0.3) is 16.7 Å². The molecule has 0 bridgehead atoms. The highest BCUT2D eigenvalue weighted by atomic mass is 35.5. The number of fused-ring (bicyclic) bond motifs is 3. The summed E-state index contributed by atoms with van der Waals surface area (Å²) < 4.78 is 7.27. The zero-order valence-electron chi connectivity index (χ0n) is 20.8. The molecule has 2 aromatic carbocycles. The van der Waals surface area contributed by atoms with Gasteiger partial charge in [-0.15, -0.1) is 10.2 Å². The Morgan fingerprint density at radius 1 is 1.14 bits per heavy atom. The van der Waals surface area contributed by atoms with Gasteiger partial charge < -0.3 is 9.64 Å². The molecule has 0 unspecified atom stereocenters.